The Balaban J connectivity index is 1.27. The van der Waals surface area contributed by atoms with Gasteiger partial charge in [0.25, 0.3) is 6.29 Å². The van der Waals surface area contributed by atoms with E-state index in [0.717, 1.165) is 29.1 Å². The van der Waals surface area contributed by atoms with Gasteiger partial charge < -0.3 is 16.0 Å². The second-order valence-electron chi connectivity index (χ2n) is 7.59. The fraction of sp³-hybridized carbons (Fsp3) is 0.217. The van der Waals surface area contributed by atoms with Gasteiger partial charge in [-0.15, -0.1) is 0 Å². The minimum absolute atomic E-state index is 0.0666. The first-order valence-corrected chi connectivity index (χ1v) is 10.9. The Hall–Kier alpha value is -4.38. The van der Waals surface area contributed by atoms with Crippen LogP contribution in [0.3, 0.4) is 0 Å². The van der Waals surface area contributed by atoms with Crippen molar-refractivity contribution in [3.05, 3.63) is 59.7 Å². The largest absolute Gasteiger partial charge is 0.323 e. The Morgan fingerprint density at radius 1 is 0.912 bits per heavy atom. The maximum absolute atomic E-state index is 12.4. The summed E-state index contributed by atoms with van der Waals surface area (Å²) in [4.78, 5) is 24.8. The molecule has 0 fully saturated rings. The van der Waals surface area contributed by atoms with Crippen LogP contribution in [0.15, 0.2) is 73.7 Å². The van der Waals surface area contributed by atoms with Gasteiger partial charge in [-0.2, -0.15) is 10.2 Å². The number of nitrogens with zero attached hydrogens (tertiary/aromatic N) is 5. The van der Waals surface area contributed by atoms with Crippen molar-refractivity contribution in [3.8, 4) is 0 Å². The monoisotopic (exact) mass is 459 g/mol. The number of benzene rings is 2. The molecule has 2 aliphatic heterocycles. The molecule has 0 radical (unpaired) electrons. The van der Waals surface area contributed by atoms with Gasteiger partial charge in [0, 0.05) is 17.6 Å². The summed E-state index contributed by atoms with van der Waals surface area (Å²) in [5, 5.41) is 16.4. The molecule has 0 spiro atoms. The summed E-state index contributed by atoms with van der Waals surface area (Å²) in [6.07, 6.45) is 3.51. The molecule has 11 nitrogen and oxygen atoms in total. The maximum atomic E-state index is 12.4. The number of amides is 2. The maximum Gasteiger partial charge on any atom is 0.323 e. The van der Waals surface area contributed by atoms with E-state index in [1.54, 1.807) is 6.21 Å². The summed E-state index contributed by atoms with van der Waals surface area (Å²) in [7, 11) is 0. The molecule has 4 rings (SSSR count). The van der Waals surface area contributed by atoms with E-state index in [2.05, 4.69) is 46.7 Å². The summed E-state index contributed by atoms with van der Waals surface area (Å²) in [6, 6.07) is 14.6. The highest BCUT2D eigenvalue weighted by Gasteiger charge is 2.11. The summed E-state index contributed by atoms with van der Waals surface area (Å²) in [5.74, 6) is 0.499. The molecule has 0 saturated heterocycles. The molecule has 0 unspecified atom stereocenters. The van der Waals surface area contributed by atoms with Crippen LogP contribution in [-0.4, -0.2) is 55.2 Å². The summed E-state index contributed by atoms with van der Waals surface area (Å²) in [5.41, 5.74) is 10.7. The van der Waals surface area contributed by atoms with Gasteiger partial charge in [-0.3, -0.25) is 0 Å². The predicted molar refractivity (Wildman–Crippen MR) is 136 cm³/mol. The van der Waals surface area contributed by atoms with Gasteiger partial charge >= 0.3 is 6.03 Å². The molecule has 0 aromatic heterocycles. The molecule has 0 bridgehead atoms. The first-order chi connectivity index (χ1) is 16.6. The van der Waals surface area contributed by atoms with E-state index < -0.39 is 0 Å². The lowest BCUT2D eigenvalue weighted by atomic mass is 10.1. The second kappa shape index (κ2) is 11.0. The van der Waals surface area contributed by atoms with Crippen LogP contribution in [-0.2, 0) is 0 Å². The minimum Gasteiger partial charge on any atom is -0.308 e. The molecular formula is C23H27N10O+. The molecule has 0 aliphatic carbocycles. The Bertz CT molecular complexity index is 1160. The van der Waals surface area contributed by atoms with Crippen molar-refractivity contribution >= 4 is 47.2 Å². The van der Waals surface area contributed by atoms with Crippen LogP contribution in [0, 0.1) is 0 Å². The van der Waals surface area contributed by atoms with Gasteiger partial charge in [-0.05, 0) is 49.2 Å². The Labute approximate surface area is 197 Å². The van der Waals surface area contributed by atoms with Gasteiger partial charge in [0.05, 0.1) is 24.2 Å². The lowest BCUT2D eigenvalue weighted by molar-refractivity contribution is -0.672. The van der Waals surface area contributed by atoms with Crippen molar-refractivity contribution in [2.45, 2.75) is 20.1 Å². The molecule has 2 aliphatic rings. The highest BCUT2D eigenvalue weighted by atomic mass is 16.2. The number of quaternary nitrogens is 1. The van der Waals surface area contributed by atoms with Crippen LogP contribution < -0.4 is 26.8 Å². The number of rotatable bonds is 7. The van der Waals surface area contributed by atoms with Crippen LogP contribution in [0.1, 0.15) is 25.0 Å². The molecule has 2 aromatic carbocycles. The average molecular weight is 460 g/mol. The zero-order valence-electron chi connectivity index (χ0n) is 19.0. The Morgan fingerprint density at radius 2 is 1.53 bits per heavy atom. The summed E-state index contributed by atoms with van der Waals surface area (Å²) in [6.45, 7) is 5.24. The van der Waals surface area contributed by atoms with Crippen LogP contribution in [0.5, 0.6) is 0 Å². The highest BCUT2D eigenvalue weighted by molar-refractivity contribution is 6.03. The molecule has 6 N–H and O–H groups in total. The van der Waals surface area contributed by atoms with Crippen molar-refractivity contribution in [1.29, 1.82) is 0 Å². The van der Waals surface area contributed by atoms with Crippen LogP contribution in [0.25, 0.3) is 0 Å². The van der Waals surface area contributed by atoms with Crippen molar-refractivity contribution < 1.29 is 10.1 Å². The van der Waals surface area contributed by atoms with Crippen LogP contribution in [0.2, 0.25) is 0 Å². The molecule has 1 atom stereocenters. The van der Waals surface area contributed by atoms with Crippen LogP contribution in [0.4, 0.5) is 16.2 Å². The zero-order valence-corrected chi connectivity index (χ0v) is 19.0. The average Bonchev–Trinajstić information content (AvgIpc) is 3.56. The summed E-state index contributed by atoms with van der Waals surface area (Å²) >= 11 is 0. The van der Waals surface area contributed by atoms with Gasteiger partial charge in [-0.25, -0.2) is 30.6 Å². The number of urea groups is 1. The van der Waals surface area contributed by atoms with Crippen molar-refractivity contribution in [2.75, 3.05) is 23.7 Å². The van der Waals surface area contributed by atoms with Gasteiger partial charge in [0.15, 0.2) is 0 Å². The summed E-state index contributed by atoms with van der Waals surface area (Å²) < 4.78 is 0. The molecule has 0 saturated carbocycles. The van der Waals surface area contributed by atoms with Crippen molar-refractivity contribution in [3.63, 3.8) is 0 Å². The first-order valence-electron chi connectivity index (χ1n) is 10.9. The molecule has 2 amide bonds. The number of hydrogen-bond acceptors (Lipinski definition) is 8. The third-order valence-corrected chi connectivity index (χ3v) is 5.08. The highest BCUT2D eigenvalue weighted by Crippen LogP contribution is 2.13. The normalized spacial score (nSPS) is 17.5. The zero-order chi connectivity index (χ0) is 23.8. The van der Waals surface area contributed by atoms with E-state index >= 15 is 0 Å². The molecule has 2 aromatic rings. The number of nitrogens with two attached hydrogens (primary N) is 1. The fourth-order valence-corrected chi connectivity index (χ4v) is 3.18. The van der Waals surface area contributed by atoms with E-state index in [1.807, 2.05) is 73.9 Å². The van der Waals surface area contributed by atoms with Crippen molar-refractivity contribution in [2.24, 2.45) is 25.2 Å². The first kappa shape index (κ1) is 22.8. The SMILES string of the molecule is C/C(=N\NC1=NCC=N1)c1ccc(NC(=O)Nc2ccc(/C(C)=N/N[C@H]3N=CC[NH2+]3)cc2)cc1. The molecular weight excluding hydrogens is 432 g/mol. The van der Waals surface area contributed by atoms with Gasteiger partial charge in [-0.1, -0.05) is 24.3 Å². The molecule has 34 heavy (non-hydrogen) atoms. The number of nitrogens with one attached hydrogen (secondary N) is 4. The number of aliphatic imine (C=N–C) groups is 3. The number of carbonyl (C=O) groups is 1. The number of carbonyl (C=O) groups excluding carboxylic acids is 1. The van der Waals surface area contributed by atoms with Gasteiger partial charge in [0.1, 0.15) is 6.54 Å². The van der Waals surface area contributed by atoms with Crippen molar-refractivity contribution in [1.82, 2.24) is 10.9 Å². The second-order valence-corrected chi connectivity index (χ2v) is 7.59. The molecule has 174 valence electrons. The predicted octanol–water partition coefficient (Wildman–Crippen LogP) is 1.33. The smallest absolute Gasteiger partial charge is 0.308 e. The quantitative estimate of drug-likeness (QED) is 0.315. The third kappa shape index (κ3) is 6.33. The van der Waals surface area contributed by atoms with E-state index in [-0.39, 0.29) is 12.3 Å². The van der Waals surface area contributed by atoms with E-state index in [4.69, 9.17) is 0 Å². The molecule has 2 heterocycles. The Morgan fingerprint density at radius 3 is 2.06 bits per heavy atom. The van der Waals surface area contributed by atoms with Gasteiger partial charge in [0.2, 0.25) is 5.96 Å². The number of guanidine groups is 1. The minimum atomic E-state index is -0.327. The Kier molecular flexibility index (Phi) is 7.35. The number of anilines is 2. The van der Waals surface area contributed by atoms with E-state index in [9.17, 15) is 4.79 Å². The third-order valence-electron chi connectivity index (χ3n) is 5.08. The fourth-order valence-electron chi connectivity index (χ4n) is 3.18. The lowest BCUT2D eigenvalue weighted by Gasteiger charge is -2.10. The number of hydrogen-bond donors (Lipinski definition) is 5. The van der Waals surface area contributed by atoms with E-state index in [1.165, 1.54) is 0 Å². The lowest BCUT2D eigenvalue weighted by Crippen LogP contribution is -2.90. The molecule has 11 heteroatoms. The van der Waals surface area contributed by atoms with E-state index in [0.29, 0.717) is 23.9 Å². The topological polar surface area (TPSA) is 144 Å². The standard InChI is InChI=1S/C23H26N10O/c1-15(30-32-21-24-11-12-25-21)17-3-7-19(8-4-17)28-23(34)29-20-9-5-18(6-10-20)16(2)31-33-22-26-13-14-27-22/h3-11,13,21,25,32H,12,14H2,1-2H3,(H,27,33)(H2,28,29,34)/p+1/b30-15+,31-16+/t21-/m0/s1. The van der Waals surface area contributed by atoms with Crippen LogP contribution >= 0.6 is 0 Å². The number of hydrazone groups is 2.